The fourth-order valence-electron chi connectivity index (χ4n) is 7.81. The van der Waals surface area contributed by atoms with Crippen LogP contribution in [0, 0.1) is 23.2 Å². The molecular formula is C34H52N6O3S. The zero-order valence-corrected chi connectivity index (χ0v) is 27.1. The van der Waals surface area contributed by atoms with E-state index < -0.39 is 5.92 Å². The smallest absolute Gasteiger partial charge is 0.317 e. The third kappa shape index (κ3) is 8.22. The number of aliphatic imine (C=N–C) groups is 1. The topological polar surface area (TPSA) is 106 Å². The van der Waals surface area contributed by atoms with Crippen molar-refractivity contribution in [3.63, 3.8) is 0 Å². The minimum atomic E-state index is -0.494. The third-order valence-corrected chi connectivity index (χ3v) is 11.9. The first-order chi connectivity index (χ1) is 21.5. The Labute approximate surface area is 267 Å². The zero-order chi connectivity index (χ0) is 30.4. The minimum Gasteiger partial charge on any atom is -0.351 e. The van der Waals surface area contributed by atoms with E-state index in [1.54, 1.807) is 11.3 Å². The van der Waals surface area contributed by atoms with Crippen molar-refractivity contribution in [2.24, 2.45) is 28.2 Å². The Morgan fingerprint density at radius 1 is 1.00 bits per heavy atom. The molecule has 3 aliphatic heterocycles. The summed E-state index contributed by atoms with van der Waals surface area (Å²) >= 11 is 1.61. The van der Waals surface area contributed by atoms with Crippen LogP contribution >= 0.6 is 11.3 Å². The van der Waals surface area contributed by atoms with Gasteiger partial charge in [-0.25, -0.2) is 4.79 Å². The van der Waals surface area contributed by atoms with Gasteiger partial charge in [0.1, 0.15) is 0 Å². The van der Waals surface area contributed by atoms with E-state index in [0.717, 1.165) is 76.0 Å². The quantitative estimate of drug-likeness (QED) is 0.350. The van der Waals surface area contributed by atoms with E-state index >= 15 is 0 Å². The molecule has 1 spiro atoms. The molecule has 1 aromatic rings. The molecule has 0 aromatic carbocycles. The summed E-state index contributed by atoms with van der Waals surface area (Å²) in [4.78, 5) is 51.2. The Balaban J connectivity index is 1.13. The van der Waals surface area contributed by atoms with Gasteiger partial charge in [0.25, 0.3) is 0 Å². The largest absolute Gasteiger partial charge is 0.351 e. The molecule has 5 aliphatic rings. The number of hydrogen-bond donors (Lipinski definition) is 3. The molecule has 4 heterocycles. The second kappa shape index (κ2) is 14.8. The number of thiophene rings is 1. The molecule has 0 radical (unpaired) electrons. The predicted octanol–water partition coefficient (Wildman–Crippen LogP) is 4.58. The van der Waals surface area contributed by atoms with E-state index in [0.29, 0.717) is 43.4 Å². The van der Waals surface area contributed by atoms with Crippen molar-refractivity contribution < 1.29 is 14.4 Å². The zero-order valence-electron chi connectivity index (χ0n) is 26.3. The average Bonchev–Trinajstić information content (AvgIpc) is 3.59. The van der Waals surface area contributed by atoms with Crippen LogP contribution in [0.4, 0.5) is 4.79 Å². The summed E-state index contributed by atoms with van der Waals surface area (Å²) in [5.41, 5.74) is 0.498. The first-order valence-corrected chi connectivity index (χ1v) is 18.2. The van der Waals surface area contributed by atoms with Gasteiger partial charge in [0.05, 0.1) is 18.4 Å². The Morgan fingerprint density at radius 3 is 2.48 bits per heavy atom. The van der Waals surface area contributed by atoms with Crippen molar-refractivity contribution in [1.82, 2.24) is 25.8 Å². The van der Waals surface area contributed by atoms with Gasteiger partial charge in [-0.2, -0.15) is 0 Å². The third-order valence-electron chi connectivity index (χ3n) is 11.1. The van der Waals surface area contributed by atoms with Gasteiger partial charge < -0.3 is 25.8 Å². The molecule has 10 heteroatoms. The lowest BCUT2D eigenvalue weighted by Crippen LogP contribution is -2.59. The lowest BCUT2D eigenvalue weighted by Gasteiger charge is -2.41. The Kier molecular flexibility index (Phi) is 10.6. The molecule has 1 unspecified atom stereocenters. The van der Waals surface area contributed by atoms with Crippen molar-refractivity contribution in [2.75, 3.05) is 39.3 Å². The van der Waals surface area contributed by atoms with Gasteiger partial charge >= 0.3 is 6.03 Å². The molecule has 1 aromatic heterocycles. The van der Waals surface area contributed by atoms with Crippen LogP contribution in [-0.2, 0) is 16.1 Å². The maximum Gasteiger partial charge on any atom is 0.317 e. The lowest BCUT2D eigenvalue weighted by molar-refractivity contribution is -0.138. The number of carbonyl (C=O) groups is 3. The maximum absolute atomic E-state index is 14.2. The summed E-state index contributed by atoms with van der Waals surface area (Å²) in [5, 5.41) is 11.8. The van der Waals surface area contributed by atoms with Crippen LogP contribution in [-0.4, -0.2) is 85.2 Å². The van der Waals surface area contributed by atoms with Crippen LogP contribution < -0.4 is 16.0 Å². The normalized spacial score (nSPS) is 26.9. The molecular weight excluding hydrogens is 572 g/mol. The molecule has 3 saturated heterocycles. The molecule has 0 bridgehead atoms. The van der Waals surface area contributed by atoms with Crippen LogP contribution in [0.25, 0.3) is 0 Å². The molecule has 242 valence electrons. The number of nitrogens with one attached hydrogen (secondary N) is 3. The van der Waals surface area contributed by atoms with Gasteiger partial charge in [-0.15, -0.1) is 11.3 Å². The van der Waals surface area contributed by atoms with Gasteiger partial charge in [-0.1, -0.05) is 25.3 Å². The molecule has 5 fully saturated rings. The summed E-state index contributed by atoms with van der Waals surface area (Å²) in [6, 6.07) is 3.96. The van der Waals surface area contributed by atoms with Gasteiger partial charge in [-0.05, 0) is 100 Å². The molecule has 2 saturated carbocycles. The summed E-state index contributed by atoms with van der Waals surface area (Å²) < 4.78 is 0. The fourth-order valence-corrected chi connectivity index (χ4v) is 8.46. The Hall–Kier alpha value is -2.46. The van der Waals surface area contributed by atoms with E-state index in [-0.39, 0.29) is 29.8 Å². The van der Waals surface area contributed by atoms with E-state index in [9.17, 15) is 14.4 Å². The van der Waals surface area contributed by atoms with E-state index in [4.69, 9.17) is 4.99 Å². The standard InChI is InChI=1S/C34H52N6O3S/c41-31(37-23-28-7-4-20-44-28)29-24-40(17-10-30(29)38-33(43)39-18-13-34(11-12-34)14-19-39)32(42)26(21-25-8-15-35-16-9-25)22-36-27-5-2-1-3-6-27/h4,7,20,22,25-27,29-30,35H,1-3,5-6,8-19,21,23-24H2,(H,37,41)(H,38,43)/b36-22+/t26?,29-,30+/m0/s1. The highest BCUT2D eigenvalue weighted by Crippen LogP contribution is 2.53. The molecule has 9 nitrogen and oxygen atoms in total. The van der Waals surface area contributed by atoms with Crippen molar-refractivity contribution in [3.8, 4) is 0 Å². The second-order valence-electron chi connectivity index (χ2n) is 14.1. The van der Waals surface area contributed by atoms with Crippen LogP contribution in [0.3, 0.4) is 0 Å². The SMILES string of the molecule is O=C(NCc1cccs1)[C@H]1CN(C(=O)C(/C=N/C2CCCCC2)CC2CCNCC2)CC[C@H]1NC(=O)N1CCC2(CC1)CC2. The predicted molar refractivity (Wildman–Crippen MR) is 175 cm³/mol. The van der Waals surface area contributed by atoms with Crippen molar-refractivity contribution >= 4 is 35.4 Å². The van der Waals surface area contributed by atoms with Gasteiger partial charge in [0.2, 0.25) is 11.8 Å². The first kappa shape index (κ1) is 31.5. The molecule has 3 atom stereocenters. The molecule has 44 heavy (non-hydrogen) atoms. The number of carbonyl (C=O) groups excluding carboxylic acids is 3. The molecule has 2 aliphatic carbocycles. The Morgan fingerprint density at radius 2 is 1.77 bits per heavy atom. The fraction of sp³-hybridized carbons (Fsp3) is 0.765. The van der Waals surface area contributed by atoms with Crippen molar-refractivity contribution in [2.45, 2.75) is 102 Å². The summed E-state index contributed by atoms with van der Waals surface area (Å²) in [6.07, 6.45) is 16.2. The highest BCUT2D eigenvalue weighted by molar-refractivity contribution is 7.09. The number of urea groups is 1. The van der Waals surface area contributed by atoms with Crippen molar-refractivity contribution in [1.29, 1.82) is 0 Å². The molecule has 6 rings (SSSR count). The summed E-state index contributed by atoms with van der Waals surface area (Å²) in [5.74, 6) is -0.253. The van der Waals surface area contributed by atoms with Gasteiger partial charge in [0.15, 0.2) is 0 Å². The number of rotatable bonds is 9. The first-order valence-electron chi connectivity index (χ1n) is 17.4. The van der Waals surface area contributed by atoms with Crippen molar-refractivity contribution in [3.05, 3.63) is 22.4 Å². The van der Waals surface area contributed by atoms with Crippen LogP contribution in [0.15, 0.2) is 22.5 Å². The van der Waals surface area contributed by atoms with Crippen LogP contribution in [0.2, 0.25) is 0 Å². The van der Waals surface area contributed by atoms with Crippen LogP contribution in [0.5, 0.6) is 0 Å². The van der Waals surface area contributed by atoms with Gasteiger partial charge in [0, 0.05) is 49.4 Å². The number of likely N-dealkylation sites (tertiary alicyclic amines) is 2. The summed E-state index contributed by atoms with van der Waals surface area (Å²) in [7, 11) is 0. The second-order valence-corrected chi connectivity index (χ2v) is 15.2. The summed E-state index contributed by atoms with van der Waals surface area (Å²) in [6.45, 7) is 4.91. The van der Waals surface area contributed by atoms with E-state index in [1.165, 1.54) is 32.1 Å². The van der Waals surface area contributed by atoms with Crippen LogP contribution in [0.1, 0.15) is 88.3 Å². The number of nitrogens with zero attached hydrogens (tertiary/aromatic N) is 3. The highest BCUT2D eigenvalue weighted by Gasteiger charge is 2.46. The number of amides is 4. The number of hydrogen-bond acceptors (Lipinski definition) is 6. The maximum atomic E-state index is 14.2. The minimum absolute atomic E-state index is 0.0651. The van der Waals surface area contributed by atoms with E-state index in [1.807, 2.05) is 33.5 Å². The van der Waals surface area contributed by atoms with E-state index in [2.05, 4.69) is 16.0 Å². The van der Waals surface area contributed by atoms with Gasteiger partial charge in [-0.3, -0.25) is 14.6 Å². The average molecular weight is 625 g/mol. The monoisotopic (exact) mass is 624 g/mol. The highest BCUT2D eigenvalue weighted by atomic mass is 32.1. The lowest BCUT2D eigenvalue weighted by atomic mass is 9.86. The molecule has 4 amide bonds. The number of piperidine rings is 3. The Bertz CT molecular complexity index is 1130. The molecule has 3 N–H and O–H groups in total.